The van der Waals surface area contributed by atoms with Gasteiger partial charge in [0, 0.05) is 28.4 Å². The van der Waals surface area contributed by atoms with Crippen LogP contribution >= 0.6 is 0 Å². The second-order valence-corrected chi connectivity index (χ2v) is 8.91. The lowest BCUT2D eigenvalue weighted by Crippen LogP contribution is -2.19. The van der Waals surface area contributed by atoms with Gasteiger partial charge in [0.2, 0.25) is 11.8 Å². The Bertz CT molecular complexity index is 910. The van der Waals surface area contributed by atoms with Crippen molar-refractivity contribution in [1.82, 2.24) is 19.9 Å². The molecule has 2 aromatic rings. The Morgan fingerprint density at radius 2 is 1.83 bits per heavy atom. The standard InChI is InChI=1S/C23H32N4O2/c1-7-15-19(24-12-25-21(15)28-5)23(4)11-16(23)20-26-18(14-9-8-10-14)17(13(2)3)22(27-20)29-6/h12-14,16H,7-11H2,1-6H3. The molecule has 6 nitrogen and oxygen atoms in total. The Hall–Kier alpha value is -2.24. The van der Waals surface area contributed by atoms with Crippen molar-refractivity contribution < 1.29 is 9.47 Å². The van der Waals surface area contributed by atoms with E-state index in [0.29, 0.717) is 17.7 Å². The molecular weight excluding hydrogens is 364 g/mol. The van der Waals surface area contributed by atoms with E-state index in [4.69, 9.17) is 19.4 Å². The molecule has 156 valence electrons. The highest BCUT2D eigenvalue weighted by atomic mass is 16.5. The molecule has 0 N–H and O–H groups in total. The molecule has 0 amide bonds. The summed E-state index contributed by atoms with van der Waals surface area (Å²) in [5, 5.41) is 0. The summed E-state index contributed by atoms with van der Waals surface area (Å²) in [6.45, 7) is 8.78. The number of rotatable bonds is 7. The van der Waals surface area contributed by atoms with Gasteiger partial charge in [-0.2, -0.15) is 4.98 Å². The van der Waals surface area contributed by atoms with Gasteiger partial charge in [0.25, 0.3) is 0 Å². The number of aromatic nitrogens is 4. The SMILES string of the molecule is CCc1c(OC)ncnc1C1(C)CC1c1nc(OC)c(C(C)C)c(C2CCC2)n1. The molecule has 29 heavy (non-hydrogen) atoms. The molecule has 0 radical (unpaired) electrons. The molecule has 2 atom stereocenters. The first kappa shape index (κ1) is 20.0. The molecule has 2 fully saturated rings. The maximum Gasteiger partial charge on any atom is 0.220 e. The van der Waals surface area contributed by atoms with E-state index in [-0.39, 0.29) is 11.3 Å². The maximum absolute atomic E-state index is 5.74. The Labute approximate surface area is 173 Å². The molecule has 4 rings (SSSR count). The monoisotopic (exact) mass is 396 g/mol. The zero-order chi connectivity index (χ0) is 20.8. The summed E-state index contributed by atoms with van der Waals surface area (Å²) >= 11 is 0. The number of hydrogen-bond donors (Lipinski definition) is 0. The second kappa shape index (κ2) is 7.54. The van der Waals surface area contributed by atoms with E-state index >= 15 is 0 Å². The van der Waals surface area contributed by atoms with Crippen LogP contribution in [-0.4, -0.2) is 34.2 Å². The number of methoxy groups -OCH3 is 2. The van der Waals surface area contributed by atoms with Crippen molar-refractivity contribution in [2.45, 2.75) is 83.0 Å². The van der Waals surface area contributed by atoms with E-state index in [9.17, 15) is 0 Å². The van der Waals surface area contributed by atoms with E-state index in [2.05, 4.69) is 37.7 Å². The van der Waals surface area contributed by atoms with Gasteiger partial charge in [-0.1, -0.05) is 34.1 Å². The lowest BCUT2D eigenvalue weighted by Gasteiger charge is -2.29. The number of ether oxygens (including phenoxy) is 2. The minimum atomic E-state index is -0.0944. The van der Waals surface area contributed by atoms with E-state index in [1.807, 2.05) is 0 Å². The van der Waals surface area contributed by atoms with Crippen molar-refractivity contribution in [3.05, 3.63) is 34.7 Å². The lowest BCUT2D eigenvalue weighted by molar-refractivity contribution is 0.369. The quantitative estimate of drug-likeness (QED) is 0.677. The predicted molar refractivity (Wildman–Crippen MR) is 112 cm³/mol. The van der Waals surface area contributed by atoms with Crippen molar-refractivity contribution in [3.8, 4) is 11.8 Å². The highest BCUT2D eigenvalue weighted by Gasteiger charge is 2.56. The average molecular weight is 397 g/mol. The summed E-state index contributed by atoms with van der Waals surface area (Å²) in [5.41, 5.74) is 4.45. The van der Waals surface area contributed by atoms with Crippen molar-refractivity contribution in [2.75, 3.05) is 14.2 Å². The number of nitrogens with zero attached hydrogens (tertiary/aromatic N) is 4. The molecule has 2 unspecified atom stereocenters. The first-order chi connectivity index (χ1) is 13.9. The smallest absolute Gasteiger partial charge is 0.220 e. The summed E-state index contributed by atoms with van der Waals surface area (Å²) < 4.78 is 11.2. The van der Waals surface area contributed by atoms with Crippen LogP contribution in [0.5, 0.6) is 11.8 Å². The molecule has 2 aromatic heterocycles. The Balaban J connectivity index is 1.76. The van der Waals surface area contributed by atoms with Crippen molar-refractivity contribution in [1.29, 1.82) is 0 Å². The van der Waals surface area contributed by atoms with Gasteiger partial charge in [0.15, 0.2) is 0 Å². The van der Waals surface area contributed by atoms with Gasteiger partial charge in [0.05, 0.1) is 25.6 Å². The predicted octanol–water partition coefficient (Wildman–Crippen LogP) is 4.68. The van der Waals surface area contributed by atoms with Crippen LogP contribution in [0.15, 0.2) is 6.33 Å². The fraction of sp³-hybridized carbons (Fsp3) is 0.652. The van der Waals surface area contributed by atoms with Gasteiger partial charge in [-0.3, -0.25) is 0 Å². The fourth-order valence-electron chi connectivity index (χ4n) is 4.72. The maximum atomic E-state index is 5.74. The Morgan fingerprint density at radius 1 is 1.10 bits per heavy atom. The van der Waals surface area contributed by atoms with Crippen LogP contribution in [0.3, 0.4) is 0 Å². The van der Waals surface area contributed by atoms with Gasteiger partial charge in [0.1, 0.15) is 12.2 Å². The van der Waals surface area contributed by atoms with E-state index in [0.717, 1.165) is 35.8 Å². The minimum absolute atomic E-state index is 0.0944. The second-order valence-electron chi connectivity index (χ2n) is 8.91. The molecule has 0 aromatic carbocycles. The van der Waals surface area contributed by atoms with Crippen molar-refractivity contribution in [3.63, 3.8) is 0 Å². The largest absolute Gasteiger partial charge is 0.481 e. The lowest BCUT2D eigenvalue weighted by atomic mass is 9.79. The average Bonchev–Trinajstić information content (AvgIpc) is 3.37. The summed E-state index contributed by atoms with van der Waals surface area (Å²) in [5.74, 6) is 3.44. The van der Waals surface area contributed by atoms with E-state index < -0.39 is 0 Å². The fourth-order valence-corrected chi connectivity index (χ4v) is 4.72. The zero-order valence-electron chi connectivity index (χ0n) is 18.5. The van der Waals surface area contributed by atoms with Gasteiger partial charge in [-0.25, -0.2) is 15.0 Å². The zero-order valence-corrected chi connectivity index (χ0v) is 18.5. The van der Waals surface area contributed by atoms with Crippen LogP contribution < -0.4 is 9.47 Å². The van der Waals surface area contributed by atoms with Gasteiger partial charge >= 0.3 is 0 Å². The third kappa shape index (κ3) is 3.26. The molecule has 0 spiro atoms. The third-order valence-electron chi connectivity index (χ3n) is 6.76. The normalized spacial score (nSPS) is 23.8. The van der Waals surface area contributed by atoms with Gasteiger partial charge in [-0.05, 0) is 31.6 Å². The van der Waals surface area contributed by atoms with E-state index in [1.165, 1.54) is 30.5 Å². The molecular formula is C23H32N4O2. The van der Waals surface area contributed by atoms with Crippen LogP contribution in [0, 0.1) is 0 Å². The highest BCUT2D eigenvalue weighted by molar-refractivity contribution is 5.45. The highest BCUT2D eigenvalue weighted by Crippen LogP contribution is 2.60. The van der Waals surface area contributed by atoms with Crippen LogP contribution in [-0.2, 0) is 11.8 Å². The van der Waals surface area contributed by atoms with Crippen molar-refractivity contribution in [2.24, 2.45) is 0 Å². The Kier molecular flexibility index (Phi) is 5.21. The first-order valence-electron chi connectivity index (χ1n) is 10.8. The summed E-state index contributed by atoms with van der Waals surface area (Å²) in [7, 11) is 3.39. The van der Waals surface area contributed by atoms with Gasteiger partial charge in [-0.15, -0.1) is 0 Å². The first-order valence-corrected chi connectivity index (χ1v) is 10.8. The van der Waals surface area contributed by atoms with Crippen LogP contribution in [0.25, 0.3) is 0 Å². The van der Waals surface area contributed by atoms with E-state index in [1.54, 1.807) is 20.5 Å². The molecule has 0 saturated heterocycles. The third-order valence-corrected chi connectivity index (χ3v) is 6.76. The van der Waals surface area contributed by atoms with Crippen LogP contribution in [0.1, 0.15) is 99.5 Å². The molecule has 0 bridgehead atoms. The van der Waals surface area contributed by atoms with Crippen LogP contribution in [0.2, 0.25) is 0 Å². The molecule has 2 saturated carbocycles. The van der Waals surface area contributed by atoms with Crippen molar-refractivity contribution >= 4 is 0 Å². The summed E-state index contributed by atoms with van der Waals surface area (Å²) in [6.07, 6.45) is 7.14. The molecule has 2 aliphatic carbocycles. The van der Waals surface area contributed by atoms with Gasteiger partial charge < -0.3 is 9.47 Å². The number of hydrogen-bond acceptors (Lipinski definition) is 6. The topological polar surface area (TPSA) is 70.0 Å². The molecule has 2 heterocycles. The summed E-state index contributed by atoms with van der Waals surface area (Å²) in [6, 6.07) is 0. The molecule has 6 heteroatoms. The summed E-state index contributed by atoms with van der Waals surface area (Å²) in [4.78, 5) is 19.0. The molecule has 2 aliphatic rings. The van der Waals surface area contributed by atoms with Crippen LogP contribution in [0.4, 0.5) is 0 Å². The Morgan fingerprint density at radius 3 is 2.38 bits per heavy atom. The minimum Gasteiger partial charge on any atom is -0.481 e. The molecule has 0 aliphatic heterocycles.